The van der Waals surface area contributed by atoms with Gasteiger partial charge in [-0.15, -0.1) is 12.4 Å². The van der Waals surface area contributed by atoms with Gasteiger partial charge in [0, 0.05) is 95.0 Å². The van der Waals surface area contributed by atoms with E-state index in [1.165, 1.54) is 129 Å². The molecule has 0 radical (unpaired) electrons. The van der Waals surface area contributed by atoms with Gasteiger partial charge < -0.3 is 76.8 Å². The molecule has 9 aromatic rings. The Labute approximate surface area is 722 Å². The van der Waals surface area contributed by atoms with Crippen LogP contribution in [0.3, 0.4) is 0 Å². The number of nitrogens with zero attached hydrogens (tertiary/aromatic N) is 11. The highest BCUT2D eigenvalue weighted by atomic mass is 35.5. The van der Waals surface area contributed by atoms with Gasteiger partial charge in [-0.1, -0.05) is 57.1 Å². The molecule has 12 saturated carbocycles. The highest BCUT2D eigenvalue weighted by molar-refractivity contribution is 7.91. The van der Waals surface area contributed by atoms with E-state index in [1.54, 1.807) is 49.4 Å². The first kappa shape index (κ1) is 91.0. The van der Waals surface area contributed by atoms with Crippen LogP contribution in [0.2, 0.25) is 57.7 Å². The number of fused-ring (bicyclic) bond motifs is 4. The third-order valence-corrected chi connectivity index (χ3v) is 31.7. The number of carbonyl (C=O) groups excluding carboxylic acids is 1. The number of ketones is 1. The van der Waals surface area contributed by atoms with E-state index in [9.17, 15) is 28.3 Å². The number of benzene rings is 1. The number of carbonyl (C=O) groups is 1. The number of nitrogens with two attached hydrogens (primary N) is 2. The Hall–Kier alpha value is -6.76. The maximum Gasteiger partial charge on any atom is 0.286 e. The highest BCUT2D eigenvalue weighted by Gasteiger charge is 2.58. The third kappa shape index (κ3) is 20.6. The predicted octanol–water partition coefficient (Wildman–Crippen LogP) is 13.4. The van der Waals surface area contributed by atoms with Crippen LogP contribution >= 0.6 is 24.0 Å². The van der Waals surface area contributed by atoms with Gasteiger partial charge >= 0.3 is 0 Å². The second-order valence-electron chi connectivity index (χ2n) is 39.4. The molecule has 6 spiro atoms. The minimum Gasteiger partial charge on any atom is -0.451 e. The number of Topliss-reactive ketones (excluding diaryl/α,β-unsaturated/α-hetero) is 1. The van der Waals surface area contributed by atoms with Crippen molar-refractivity contribution in [3.63, 3.8) is 0 Å². The van der Waals surface area contributed by atoms with E-state index in [1.807, 2.05) is 64.1 Å². The number of nitrogens with one attached hydrogen (secondary N) is 6. The zero-order valence-electron chi connectivity index (χ0n) is 72.3. The highest BCUT2D eigenvalue weighted by Crippen LogP contribution is 2.65. The van der Waals surface area contributed by atoms with E-state index >= 15 is 0 Å². The lowest BCUT2D eigenvalue weighted by Gasteiger charge is -2.60. The number of hydrogen-bond donors (Lipinski definition) is 12. The molecule has 8 heterocycles. The maximum atomic E-state index is 12.6. The van der Waals surface area contributed by atoms with Crippen molar-refractivity contribution in [2.24, 2.45) is 73.5 Å². The monoisotopic (exact) mass is 1700 g/mol. The predicted molar refractivity (Wildman–Crippen MR) is 489 cm³/mol. The molecule has 0 atom stereocenters. The van der Waals surface area contributed by atoms with Gasteiger partial charge in [0.2, 0.25) is 0 Å². The van der Waals surface area contributed by atoms with Crippen LogP contribution in [-0.4, -0.2) is 206 Å². The number of hydrogen-bond acceptors (Lipinski definition) is 22. The van der Waals surface area contributed by atoms with Crippen molar-refractivity contribution < 1.29 is 33.3 Å². The molecule has 12 aliphatic rings. The maximum absolute atomic E-state index is 12.6. The Morgan fingerprint density at radius 2 is 0.725 bits per heavy atom. The Bertz CT molecular complexity index is 4860. The van der Waals surface area contributed by atoms with Gasteiger partial charge in [-0.2, -0.15) is 0 Å². The van der Waals surface area contributed by atoms with Crippen LogP contribution in [0, 0.1) is 62.1 Å². The summed E-state index contributed by atoms with van der Waals surface area (Å²) in [6.07, 6.45) is 47.1. The molecule has 26 nitrogen and oxygen atoms in total. The number of rotatable bonds is 19. The lowest BCUT2D eigenvalue weighted by atomic mass is 9.45. The summed E-state index contributed by atoms with van der Waals surface area (Å²) in [4.78, 5) is 64.4. The Morgan fingerprint density at radius 1 is 0.433 bits per heavy atom. The first-order valence-electron chi connectivity index (χ1n) is 44.1. The van der Waals surface area contributed by atoms with Gasteiger partial charge in [-0.3, -0.25) is 4.79 Å². The summed E-state index contributed by atoms with van der Waals surface area (Å²) in [6, 6.07) is 20.4. The fourth-order valence-corrected chi connectivity index (χ4v) is 26.0. The quantitative estimate of drug-likeness (QED) is 0.0264. The summed E-state index contributed by atoms with van der Waals surface area (Å²) in [7, 11) is 8.84. The van der Waals surface area contributed by atoms with Crippen LogP contribution < -0.4 is 36.8 Å². The van der Waals surface area contributed by atoms with Crippen molar-refractivity contribution in [3.05, 3.63) is 110 Å². The van der Waals surface area contributed by atoms with Gasteiger partial charge in [-0.05, 0) is 286 Å². The summed E-state index contributed by atoms with van der Waals surface area (Å²) in [6.45, 7) is 7.05. The molecule has 0 unspecified atom stereocenters. The second-order valence-corrected chi connectivity index (χ2v) is 41.8. The van der Waals surface area contributed by atoms with Crippen LogP contribution in [0.15, 0.2) is 110 Å². The molecule has 1 aromatic carbocycles. The fraction of sp³-hybridized carbons (Fsp3) is 0.644. The number of aromatic nitrogens is 12. The average Bonchev–Trinajstić information content (AvgIpc) is 0.876. The van der Waals surface area contributed by atoms with Crippen LogP contribution in [0.5, 0.6) is 0 Å². The zero-order chi connectivity index (χ0) is 84.4. The topological polar surface area (TPSA) is 384 Å². The van der Waals surface area contributed by atoms with Crippen molar-refractivity contribution in [3.8, 4) is 0 Å². The molecular weight excluding hydrogens is 1570 g/mol. The second kappa shape index (κ2) is 38.0. The molecule has 0 aliphatic heterocycles. The van der Waals surface area contributed by atoms with Crippen molar-refractivity contribution >= 4 is 129 Å². The third-order valence-electron chi connectivity index (χ3n) is 29.5. The van der Waals surface area contributed by atoms with Gasteiger partial charge in [-0.25, -0.2) is 48.3 Å². The van der Waals surface area contributed by atoms with E-state index in [0.717, 1.165) is 155 Å². The van der Waals surface area contributed by atoms with Gasteiger partial charge in [0.15, 0.2) is 9.84 Å². The molecule has 0 saturated heterocycles. The normalized spacial score (nSPS) is 29.9. The van der Waals surface area contributed by atoms with Crippen LogP contribution in [0.4, 0.5) is 17.5 Å². The summed E-state index contributed by atoms with van der Waals surface area (Å²) in [5.74, 6) is 7.09. The van der Waals surface area contributed by atoms with E-state index in [4.69, 9.17) is 22.4 Å². The Morgan fingerprint density at radius 3 is 1.03 bits per heavy atom. The van der Waals surface area contributed by atoms with E-state index in [0.29, 0.717) is 78.4 Å². The molecular formula is C87H131B4Cl2N19O7S. The Kier molecular flexibility index (Phi) is 28.8. The number of halogens is 2. The molecule has 8 aromatic heterocycles. The molecule has 0 bridgehead atoms. The van der Waals surface area contributed by atoms with E-state index in [2.05, 4.69) is 138 Å². The molecule has 14 N–H and O–H groups in total. The van der Waals surface area contributed by atoms with Crippen molar-refractivity contribution in [1.82, 2.24) is 70.4 Å². The summed E-state index contributed by atoms with van der Waals surface area (Å²) >= 11 is 5.73. The SMILES string of the molecule is CB(O)CC1CC2(C1)CC(N(C)c1ncnc3[nH]ccc13)C2.CB(O)CC1CC2(CC(=O)C2)C1.CN.CN(c1ncnc2[nH]ccc12)C1CC2(CC(CS(=O)(=O)c3ccccc3)C2)C1.CN(c1ncnc2[nH]ccc12)C1CC2(CC(N)C2)C1.CNC1CC2(CC(CB(C)O)C2)C1.CNC1CC2(CC(CB(C)O)C2)C1.Cl.Clc1ncnc2[nH]ccc12. The molecule has 21 rings (SSSR count). The van der Waals surface area contributed by atoms with Crippen molar-refractivity contribution in [2.75, 3.05) is 62.7 Å². The number of aromatic amines is 4. The molecule has 12 fully saturated rings. The molecule has 648 valence electrons. The van der Waals surface area contributed by atoms with Crippen molar-refractivity contribution in [2.45, 2.75) is 248 Å². The van der Waals surface area contributed by atoms with Gasteiger partial charge in [0.05, 0.1) is 32.2 Å². The van der Waals surface area contributed by atoms with Crippen LogP contribution in [0.25, 0.3) is 44.1 Å². The lowest BCUT2D eigenvalue weighted by Crippen LogP contribution is -2.59. The standard InChI is InChI=1S/C21H24N4O2S.C16H23BN4O.C14H19N5.2C10H20BNO.C9H15BO2.C6H4ClN3.CH5N.ClH/c1-25(20-18-7-8-22-19(18)23-14-24-20)16-11-21(12-16)9-15(10-21)13-28(26,27)17-5-3-2-4-6-17;1-17(22)9-11-5-16(6-11)7-12(8-16)21(2)15-13-3-4-18-14(13)19-10-20-15;1-19(10-6-14(7-10)4-9(15)5-14)13-11-2-3-16-12(11)17-8-18-13;2*1-11(13)7-8-3-10(4-8)5-9(6-10)12-2;1-10(12)6-7-2-9(3-7)4-8(11)5-9;7-5-4-1-2-8-6(4)10-3-9-5;1-2;/h2-8,14-16H,9-13H2,1H3,(H,22,23,24);3-4,10-12,22H,5-9H2,1-2H3,(H,18,19,20);2-3,8-10H,4-7,15H2,1H3,(H,16,17,18);2*8-9,12-13H,3-7H2,1-2H3;7,12H,2-6H2,1H3;1-3H,(H,8,9,10);2H2,1H3;1H. The number of H-pyrrole nitrogens is 4. The van der Waals surface area contributed by atoms with Crippen LogP contribution in [0.1, 0.15) is 154 Å². The smallest absolute Gasteiger partial charge is 0.286 e. The minimum atomic E-state index is -3.18. The largest absolute Gasteiger partial charge is 0.451 e. The average molecular weight is 1700 g/mol. The summed E-state index contributed by atoms with van der Waals surface area (Å²) in [5, 5.41) is 48.4. The van der Waals surface area contributed by atoms with Crippen LogP contribution in [-0.2, 0) is 14.6 Å². The molecule has 12 aliphatic carbocycles. The van der Waals surface area contributed by atoms with Gasteiger partial charge in [0.1, 0.15) is 76.3 Å². The van der Waals surface area contributed by atoms with Gasteiger partial charge in [0.25, 0.3) is 27.7 Å². The number of anilines is 3. The lowest BCUT2D eigenvalue weighted by molar-refractivity contribution is -0.141. The zero-order valence-corrected chi connectivity index (χ0v) is 74.7. The molecule has 33 heteroatoms. The number of sulfone groups is 1. The summed E-state index contributed by atoms with van der Waals surface area (Å²) in [5.41, 5.74) is 17.1. The fourth-order valence-electron chi connectivity index (χ4n) is 24.2. The molecule has 120 heavy (non-hydrogen) atoms. The first-order valence-corrected chi connectivity index (χ1v) is 46.1. The van der Waals surface area contributed by atoms with Crippen molar-refractivity contribution in [1.29, 1.82) is 0 Å². The Balaban J connectivity index is 0.000000124. The first-order chi connectivity index (χ1) is 56.9. The summed E-state index contributed by atoms with van der Waals surface area (Å²) < 4.78 is 25.2. The molecule has 0 amide bonds. The van der Waals surface area contributed by atoms with E-state index < -0.39 is 9.84 Å². The minimum absolute atomic E-state index is 0. The van der Waals surface area contributed by atoms with E-state index in [-0.39, 0.29) is 51.7 Å².